The molecular formula is C17H19N3O5. The van der Waals surface area contributed by atoms with E-state index in [1.165, 1.54) is 12.1 Å². The van der Waals surface area contributed by atoms with Crippen molar-refractivity contribution in [2.24, 2.45) is 5.92 Å². The molecule has 132 valence electrons. The highest BCUT2D eigenvalue weighted by Crippen LogP contribution is 2.33. The smallest absolute Gasteiger partial charge is 0.326 e. The maximum atomic E-state index is 12.3. The molecule has 3 rings (SSSR count). The van der Waals surface area contributed by atoms with Crippen LogP contribution in [0.5, 0.6) is 0 Å². The maximum Gasteiger partial charge on any atom is 0.326 e. The Morgan fingerprint density at radius 1 is 1.28 bits per heavy atom. The normalized spacial score (nSPS) is 23.6. The van der Waals surface area contributed by atoms with E-state index in [0.29, 0.717) is 23.5 Å². The number of carbonyl (C=O) groups excluding carboxylic acids is 3. The fourth-order valence-corrected chi connectivity index (χ4v) is 2.85. The predicted octanol–water partition coefficient (Wildman–Crippen LogP) is 0.724. The predicted molar refractivity (Wildman–Crippen MR) is 86.7 cm³/mol. The van der Waals surface area contributed by atoms with Crippen molar-refractivity contribution >= 4 is 23.8 Å². The van der Waals surface area contributed by atoms with Gasteiger partial charge in [0, 0.05) is 5.56 Å². The molecule has 8 nitrogen and oxygen atoms in total. The summed E-state index contributed by atoms with van der Waals surface area (Å²) in [5.74, 6) is -1.63. The Hall–Kier alpha value is -2.90. The van der Waals surface area contributed by atoms with Gasteiger partial charge < -0.3 is 15.7 Å². The number of rotatable bonds is 6. The number of aliphatic carboxylic acids is 1. The Morgan fingerprint density at radius 2 is 1.92 bits per heavy atom. The zero-order valence-corrected chi connectivity index (χ0v) is 13.7. The molecule has 8 heteroatoms. The molecule has 25 heavy (non-hydrogen) atoms. The van der Waals surface area contributed by atoms with E-state index < -0.39 is 35.4 Å². The number of amides is 4. The summed E-state index contributed by atoms with van der Waals surface area (Å²) in [6, 6.07) is 4.66. The topological polar surface area (TPSA) is 125 Å². The summed E-state index contributed by atoms with van der Waals surface area (Å²) in [5, 5.41) is 16.5. The lowest BCUT2D eigenvalue weighted by atomic mass is 9.91. The van der Waals surface area contributed by atoms with Crippen molar-refractivity contribution in [2.75, 3.05) is 0 Å². The van der Waals surface area contributed by atoms with Gasteiger partial charge in [-0.15, -0.1) is 0 Å². The first-order chi connectivity index (χ1) is 11.8. The Balaban J connectivity index is 1.71. The minimum atomic E-state index is -1.19. The van der Waals surface area contributed by atoms with Crippen molar-refractivity contribution in [3.05, 3.63) is 35.4 Å². The first-order valence-electron chi connectivity index (χ1n) is 8.07. The highest BCUT2D eigenvalue weighted by Gasteiger charge is 2.43. The molecule has 1 aliphatic carbocycles. The molecule has 2 atom stereocenters. The number of imide groups is 1. The molecule has 1 aromatic carbocycles. The van der Waals surface area contributed by atoms with E-state index in [0.717, 1.165) is 12.8 Å². The average molecular weight is 345 g/mol. The van der Waals surface area contributed by atoms with Crippen molar-refractivity contribution in [2.45, 2.75) is 37.8 Å². The van der Waals surface area contributed by atoms with Gasteiger partial charge in [-0.3, -0.25) is 14.9 Å². The second kappa shape index (κ2) is 6.19. The molecular weight excluding hydrogens is 326 g/mol. The van der Waals surface area contributed by atoms with Crippen LogP contribution in [0.2, 0.25) is 0 Å². The molecule has 1 saturated carbocycles. The number of hydrogen-bond acceptors (Lipinski definition) is 4. The van der Waals surface area contributed by atoms with E-state index in [-0.39, 0.29) is 0 Å². The van der Waals surface area contributed by atoms with Crippen molar-refractivity contribution in [1.29, 1.82) is 0 Å². The maximum absolute atomic E-state index is 12.3. The van der Waals surface area contributed by atoms with Crippen LogP contribution in [-0.4, -0.2) is 35.0 Å². The second-order valence-corrected chi connectivity index (χ2v) is 6.65. The number of carboxylic acids is 1. The van der Waals surface area contributed by atoms with Crippen LogP contribution in [0.25, 0.3) is 0 Å². The molecule has 1 heterocycles. The summed E-state index contributed by atoms with van der Waals surface area (Å²) >= 11 is 0. The Morgan fingerprint density at radius 3 is 2.40 bits per heavy atom. The second-order valence-electron chi connectivity index (χ2n) is 6.65. The first-order valence-corrected chi connectivity index (χ1v) is 8.07. The largest absolute Gasteiger partial charge is 0.480 e. The number of carbonyl (C=O) groups is 4. The third kappa shape index (κ3) is 3.47. The molecule has 0 spiro atoms. The van der Waals surface area contributed by atoms with E-state index in [1.54, 1.807) is 19.1 Å². The molecule has 2 unspecified atom stereocenters. The summed E-state index contributed by atoms with van der Waals surface area (Å²) in [6.07, 6.45) is 2.44. The molecule has 0 bridgehead atoms. The van der Waals surface area contributed by atoms with Crippen LogP contribution < -0.4 is 16.0 Å². The molecule has 2 aliphatic rings. The van der Waals surface area contributed by atoms with Gasteiger partial charge in [0.2, 0.25) is 0 Å². The van der Waals surface area contributed by atoms with Gasteiger partial charge in [0.05, 0.1) is 0 Å². The number of carboxylic acid groups (broad SMARTS) is 1. The SMILES string of the molecule is CC1(c2ccc(C(=O)NC(CC3CC3)C(=O)O)cc2)NC(=O)NC1=O. The Kier molecular flexibility index (Phi) is 4.20. The van der Waals surface area contributed by atoms with Crippen molar-refractivity contribution in [1.82, 2.24) is 16.0 Å². The molecule has 2 fully saturated rings. The zero-order chi connectivity index (χ0) is 18.2. The molecule has 4 amide bonds. The van der Waals surface area contributed by atoms with Gasteiger partial charge >= 0.3 is 12.0 Å². The summed E-state index contributed by atoms with van der Waals surface area (Å²) in [5.41, 5.74) is -0.374. The molecule has 4 N–H and O–H groups in total. The lowest BCUT2D eigenvalue weighted by Crippen LogP contribution is -2.41. The highest BCUT2D eigenvalue weighted by molar-refractivity contribution is 6.07. The van der Waals surface area contributed by atoms with Crippen LogP contribution in [0.4, 0.5) is 4.79 Å². The number of hydrogen-bond donors (Lipinski definition) is 4. The molecule has 1 aromatic rings. The fraction of sp³-hybridized carbons (Fsp3) is 0.412. The van der Waals surface area contributed by atoms with Crippen LogP contribution in [0.15, 0.2) is 24.3 Å². The van der Waals surface area contributed by atoms with Gasteiger partial charge in [0.15, 0.2) is 0 Å². The van der Waals surface area contributed by atoms with Crippen LogP contribution >= 0.6 is 0 Å². The van der Waals surface area contributed by atoms with Crippen molar-refractivity contribution < 1.29 is 24.3 Å². The van der Waals surface area contributed by atoms with Gasteiger partial charge in [-0.1, -0.05) is 25.0 Å². The minimum absolute atomic E-state index is 0.291. The van der Waals surface area contributed by atoms with E-state index in [1.807, 2.05) is 0 Å². The summed E-state index contributed by atoms with van der Waals surface area (Å²) in [4.78, 5) is 46.8. The van der Waals surface area contributed by atoms with E-state index >= 15 is 0 Å². The number of nitrogens with one attached hydrogen (secondary N) is 3. The number of urea groups is 1. The molecule has 1 aliphatic heterocycles. The summed E-state index contributed by atoms with van der Waals surface area (Å²) in [6.45, 7) is 1.57. The third-order valence-electron chi connectivity index (χ3n) is 4.64. The van der Waals surface area contributed by atoms with Crippen molar-refractivity contribution in [3.63, 3.8) is 0 Å². The minimum Gasteiger partial charge on any atom is -0.480 e. The molecule has 1 saturated heterocycles. The highest BCUT2D eigenvalue weighted by atomic mass is 16.4. The number of benzene rings is 1. The average Bonchev–Trinajstić information content (AvgIpc) is 3.33. The van der Waals surface area contributed by atoms with Crippen LogP contribution in [0.3, 0.4) is 0 Å². The quantitative estimate of drug-likeness (QED) is 0.566. The summed E-state index contributed by atoms with van der Waals surface area (Å²) < 4.78 is 0. The van der Waals surface area contributed by atoms with Gasteiger partial charge in [-0.25, -0.2) is 9.59 Å². The van der Waals surface area contributed by atoms with E-state index in [2.05, 4.69) is 16.0 Å². The summed E-state index contributed by atoms with van der Waals surface area (Å²) in [7, 11) is 0. The fourth-order valence-electron chi connectivity index (χ4n) is 2.85. The Bertz CT molecular complexity index is 741. The molecule has 0 radical (unpaired) electrons. The van der Waals surface area contributed by atoms with Gasteiger partial charge in [-0.2, -0.15) is 0 Å². The third-order valence-corrected chi connectivity index (χ3v) is 4.64. The standard InChI is InChI=1S/C17H19N3O5/c1-17(15(24)19-16(25)20-17)11-6-4-10(5-7-11)13(21)18-12(14(22)23)8-9-2-3-9/h4-7,9,12H,2-3,8H2,1H3,(H,18,21)(H,22,23)(H2,19,20,24,25). The van der Waals surface area contributed by atoms with E-state index in [4.69, 9.17) is 0 Å². The van der Waals surface area contributed by atoms with Crippen LogP contribution in [-0.2, 0) is 15.1 Å². The lowest BCUT2D eigenvalue weighted by molar-refractivity contribution is -0.139. The van der Waals surface area contributed by atoms with Crippen molar-refractivity contribution in [3.8, 4) is 0 Å². The van der Waals surface area contributed by atoms with Crippen LogP contribution in [0.1, 0.15) is 42.1 Å². The van der Waals surface area contributed by atoms with Gasteiger partial charge in [-0.05, 0) is 37.0 Å². The zero-order valence-electron chi connectivity index (χ0n) is 13.7. The van der Waals surface area contributed by atoms with E-state index in [9.17, 15) is 24.3 Å². The Labute approximate surface area is 144 Å². The van der Waals surface area contributed by atoms with Crippen LogP contribution in [0, 0.1) is 5.92 Å². The molecule has 0 aromatic heterocycles. The lowest BCUT2D eigenvalue weighted by Gasteiger charge is -2.21. The monoisotopic (exact) mass is 345 g/mol. The van der Waals surface area contributed by atoms with Gasteiger partial charge in [0.25, 0.3) is 11.8 Å². The first kappa shape index (κ1) is 16.9. The van der Waals surface area contributed by atoms with Gasteiger partial charge in [0.1, 0.15) is 11.6 Å².